The van der Waals surface area contributed by atoms with Crippen molar-refractivity contribution in [2.45, 2.75) is 39.7 Å². The average molecular weight is 287 g/mol. The smallest absolute Gasteiger partial charge is 0.311 e. The zero-order chi connectivity index (χ0) is 15.4. The molecule has 112 valence electrons. The van der Waals surface area contributed by atoms with E-state index in [2.05, 4.69) is 31.1 Å². The highest BCUT2D eigenvalue weighted by Crippen LogP contribution is 2.32. The van der Waals surface area contributed by atoms with Crippen LogP contribution in [0.4, 0.5) is 11.4 Å². The van der Waals surface area contributed by atoms with Crippen molar-refractivity contribution >= 4 is 22.3 Å². The Kier molecular flexibility index (Phi) is 4.73. The largest absolute Gasteiger partial charge is 0.376 e. The molecule has 0 spiro atoms. The molecule has 21 heavy (non-hydrogen) atoms. The lowest BCUT2D eigenvalue weighted by molar-refractivity contribution is -0.384. The molecule has 0 aliphatic carbocycles. The molecule has 0 radical (unpaired) electrons. The summed E-state index contributed by atoms with van der Waals surface area (Å²) in [6, 6.07) is 7.66. The molecule has 0 amide bonds. The fraction of sp³-hybridized carbons (Fsp3) is 0.438. The van der Waals surface area contributed by atoms with Crippen LogP contribution >= 0.6 is 0 Å². The molecule has 0 fully saturated rings. The molecular weight excluding hydrogens is 266 g/mol. The molecule has 2 unspecified atom stereocenters. The SMILES string of the molecule is CCC(C)CC(C)Nc1c([N+](=O)[O-])cnc2ccccc12. The molecule has 1 aromatic heterocycles. The van der Waals surface area contributed by atoms with Gasteiger partial charge in [0.1, 0.15) is 11.9 Å². The number of nitro groups is 1. The standard InChI is InChI=1S/C16H21N3O2/c1-4-11(2)9-12(3)18-16-13-7-5-6-8-14(13)17-10-15(16)19(20)21/h5-8,10-12H,4,9H2,1-3H3,(H,17,18). The van der Waals surface area contributed by atoms with E-state index < -0.39 is 0 Å². The van der Waals surface area contributed by atoms with E-state index >= 15 is 0 Å². The first kappa shape index (κ1) is 15.2. The van der Waals surface area contributed by atoms with Crippen molar-refractivity contribution < 1.29 is 4.92 Å². The Morgan fingerprint density at radius 2 is 2.05 bits per heavy atom. The van der Waals surface area contributed by atoms with E-state index in [0.717, 1.165) is 23.7 Å². The molecule has 1 aromatic carbocycles. The molecule has 1 heterocycles. The van der Waals surface area contributed by atoms with Gasteiger partial charge < -0.3 is 5.32 Å². The van der Waals surface area contributed by atoms with Gasteiger partial charge in [-0.25, -0.2) is 4.98 Å². The maximum atomic E-state index is 11.3. The molecule has 0 bridgehead atoms. The van der Waals surface area contributed by atoms with Gasteiger partial charge >= 0.3 is 5.69 Å². The van der Waals surface area contributed by atoms with Crippen LogP contribution in [0.1, 0.15) is 33.6 Å². The van der Waals surface area contributed by atoms with Crippen molar-refractivity contribution in [3.8, 4) is 0 Å². The van der Waals surface area contributed by atoms with E-state index in [1.807, 2.05) is 24.3 Å². The van der Waals surface area contributed by atoms with Crippen LogP contribution in [-0.4, -0.2) is 15.9 Å². The van der Waals surface area contributed by atoms with Gasteiger partial charge in [-0.1, -0.05) is 38.5 Å². The number of aromatic nitrogens is 1. The van der Waals surface area contributed by atoms with Crippen LogP contribution in [0, 0.1) is 16.0 Å². The summed E-state index contributed by atoms with van der Waals surface area (Å²) >= 11 is 0. The summed E-state index contributed by atoms with van der Waals surface area (Å²) in [6.07, 6.45) is 3.41. The molecule has 0 aliphatic heterocycles. The molecule has 0 saturated heterocycles. The molecule has 2 rings (SSSR count). The van der Waals surface area contributed by atoms with Gasteiger partial charge in [-0.2, -0.15) is 0 Å². The third-order valence-electron chi connectivity index (χ3n) is 3.80. The van der Waals surface area contributed by atoms with Crippen molar-refractivity contribution in [1.82, 2.24) is 4.98 Å². The van der Waals surface area contributed by atoms with Gasteiger partial charge in [0.2, 0.25) is 0 Å². The number of anilines is 1. The first-order valence-corrected chi connectivity index (χ1v) is 7.31. The Morgan fingerprint density at radius 3 is 2.71 bits per heavy atom. The lowest BCUT2D eigenvalue weighted by Crippen LogP contribution is -2.19. The number of hydrogen-bond donors (Lipinski definition) is 1. The number of para-hydroxylation sites is 1. The van der Waals surface area contributed by atoms with Gasteiger partial charge in [0.25, 0.3) is 0 Å². The number of pyridine rings is 1. The topological polar surface area (TPSA) is 68.1 Å². The Labute approximate surface area is 124 Å². The molecule has 5 nitrogen and oxygen atoms in total. The zero-order valence-electron chi connectivity index (χ0n) is 12.7. The third kappa shape index (κ3) is 3.48. The summed E-state index contributed by atoms with van der Waals surface area (Å²) in [6.45, 7) is 6.41. The predicted octanol–water partition coefficient (Wildman–Crippen LogP) is 4.38. The van der Waals surface area contributed by atoms with Gasteiger partial charge in [-0.15, -0.1) is 0 Å². The molecule has 2 atom stereocenters. The second kappa shape index (κ2) is 6.52. The highest BCUT2D eigenvalue weighted by molar-refractivity contribution is 5.95. The maximum absolute atomic E-state index is 11.3. The molecule has 0 saturated carbocycles. The monoisotopic (exact) mass is 287 g/mol. The second-order valence-corrected chi connectivity index (χ2v) is 5.59. The number of fused-ring (bicyclic) bond motifs is 1. The minimum atomic E-state index is -0.377. The summed E-state index contributed by atoms with van der Waals surface area (Å²) in [7, 11) is 0. The summed E-state index contributed by atoms with van der Waals surface area (Å²) in [5.74, 6) is 0.583. The third-order valence-corrected chi connectivity index (χ3v) is 3.80. The van der Waals surface area contributed by atoms with Crippen LogP contribution in [0.3, 0.4) is 0 Å². The Balaban J connectivity index is 2.39. The highest BCUT2D eigenvalue weighted by Gasteiger charge is 2.19. The summed E-state index contributed by atoms with van der Waals surface area (Å²) in [5, 5.41) is 15.4. The van der Waals surface area contributed by atoms with Crippen molar-refractivity contribution in [1.29, 1.82) is 0 Å². The highest BCUT2D eigenvalue weighted by atomic mass is 16.6. The zero-order valence-corrected chi connectivity index (χ0v) is 12.7. The van der Waals surface area contributed by atoms with Crippen LogP contribution < -0.4 is 5.32 Å². The van der Waals surface area contributed by atoms with Crippen LogP contribution in [0.2, 0.25) is 0 Å². The molecule has 0 aliphatic rings. The lowest BCUT2D eigenvalue weighted by atomic mass is 10.00. The van der Waals surface area contributed by atoms with Crippen molar-refractivity contribution in [3.63, 3.8) is 0 Å². The first-order valence-electron chi connectivity index (χ1n) is 7.31. The quantitative estimate of drug-likeness (QED) is 0.632. The fourth-order valence-corrected chi connectivity index (χ4v) is 2.50. The summed E-state index contributed by atoms with van der Waals surface area (Å²) in [5.41, 5.74) is 1.37. The van der Waals surface area contributed by atoms with E-state index in [-0.39, 0.29) is 16.7 Å². The molecule has 1 N–H and O–H groups in total. The maximum Gasteiger partial charge on any atom is 0.311 e. The summed E-state index contributed by atoms with van der Waals surface area (Å²) in [4.78, 5) is 15.0. The minimum absolute atomic E-state index is 0.0321. The van der Waals surface area contributed by atoms with Gasteiger partial charge in [0.15, 0.2) is 0 Å². The van der Waals surface area contributed by atoms with E-state index in [0.29, 0.717) is 11.6 Å². The van der Waals surface area contributed by atoms with Crippen LogP contribution in [0.5, 0.6) is 0 Å². The van der Waals surface area contributed by atoms with Gasteiger partial charge in [-0.05, 0) is 25.3 Å². The van der Waals surface area contributed by atoms with Gasteiger partial charge in [0.05, 0.1) is 10.4 Å². The lowest BCUT2D eigenvalue weighted by Gasteiger charge is -2.19. The number of nitrogens with one attached hydrogen (secondary N) is 1. The fourth-order valence-electron chi connectivity index (χ4n) is 2.50. The normalized spacial score (nSPS) is 13.9. The van der Waals surface area contributed by atoms with E-state index in [4.69, 9.17) is 0 Å². The first-order chi connectivity index (χ1) is 10.0. The van der Waals surface area contributed by atoms with Crippen molar-refractivity contribution in [3.05, 3.63) is 40.6 Å². The number of rotatable bonds is 6. The van der Waals surface area contributed by atoms with E-state index in [1.165, 1.54) is 6.20 Å². The average Bonchev–Trinajstić information content (AvgIpc) is 2.47. The van der Waals surface area contributed by atoms with Crippen LogP contribution in [-0.2, 0) is 0 Å². The number of nitrogens with zero attached hydrogens (tertiary/aromatic N) is 2. The Hall–Kier alpha value is -2.17. The van der Waals surface area contributed by atoms with Crippen LogP contribution in [0.15, 0.2) is 30.5 Å². The Morgan fingerprint density at radius 1 is 1.33 bits per heavy atom. The van der Waals surface area contributed by atoms with E-state index in [1.54, 1.807) is 0 Å². The van der Waals surface area contributed by atoms with Crippen molar-refractivity contribution in [2.75, 3.05) is 5.32 Å². The number of hydrogen-bond acceptors (Lipinski definition) is 4. The number of benzene rings is 1. The predicted molar refractivity (Wildman–Crippen MR) is 85.6 cm³/mol. The van der Waals surface area contributed by atoms with E-state index in [9.17, 15) is 10.1 Å². The molecular formula is C16H21N3O2. The van der Waals surface area contributed by atoms with Gasteiger partial charge in [0, 0.05) is 11.4 Å². The van der Waals surface area contributed by atoms with Gasteiger partial charge in [-0.3, -0.25) is 10.1 Å². The van der Waals surface area contributed by atoms with Crippen molar-refractivity contribution in [2.24, 2.45) is 5.92 Å². The molecule has 5 heteroatoms. The second-order valence-electron chi connectivity index (χ2n) is 5.59. The molecule has 2 aromatic rings. The minimum Gasteiger partial charge on any atom is -0.376 e. The summed E-state index contributed by atoms with van der Waals surface area (Å²) < 4.78 is 0. The van der Waals surface area contributed by atoms with Crippen LogP contribution in [0.25, 0.3) is 10.9 Å². The Bertz CT molecular complexity index is 642.